The first-order valence-corrected chi connectivity index (χ1v) is 5.81. The summed E-state index contributed by atoms with van der Waals surface area (Å²) in [6.45, 7) is 0.484. The maximum atomic E-state index is 12.2. The normalized spacial score (nSPS) is 13.2. The van der Waals surface area contributed by atoms with Gasteiger partial charge in [-0.25, -0.2) is 0 Å². The number of alkyl halides is 3. The second-order valence-electron chi connectivity index (χ2n) is 3.97. The Labute approximate surface area is 110 Å². The molecular weight excluding hydrogens is 261 g/mol. The third-order valence-corrected chi connectivity index (χ3v) is 2.56. The van der Waals surface area contributed by atoms with Crippen molar-refractivity contribution in [2.75, 3.05) is 20.8 Å². The molecule has 19 heavy (non-hydrogen) atoms. The molecule has 1 aromatic carbocycles. The van der Waals surface area contributed by atoms with Gasteiger partial charge in [0.05, 0.1) is 20.3 Å². The molecule has 0 amide bonds. The van der Waals surface area contributed by atoms with Gasteiger partial charge in [0, 0.05) is 6.07 Å². The number of ether oxygens (including phenoxy) is 3. The van der Waals surface area contributed by atoms with Crippen molar-refractivity contribution >= 4 is 0 Å². The molecule has 0 bridgehead atoms. The molecule has 1 rings (SSSR count). The van der Waals surface area contributed by atoms with Crippen molar-refractivity contribution in [3.63, 3.8) is 0 Å². The average Bonchev–Trinajstić information content (AvgIpc) is 2.37. The number of methoxy groups -OCH3 is 2. The molecule has 108 valence electrons. The quantitative estimate of drug-likeness (QED) is 0.793. The van der Waals surface area contributed by atoms with E-state index >= 15 is 0 Å². The predicted octanol–water partition coefficient (Wildman–Crippen LogP) is 3.73. The van der Waals surface area contributed by atoms with Gasteiger partial charge < -0.3 is 14.2 Å². The van der Waals surface area contributed by atoms with Crippen LogP contribution in [-0.4, -0.2) is 27.0 Å². The van der Waals surface area contributed by atoms with E-state index in [1.807, 2.05) is 0 Å². The Morgan fingerprint density at radius 3 is 1.95 bits per heavy atom. The maximum Gasteiger partial charge on any atom is 0.411 e. The van der Waals surface area contributed by atoms with Crippen LogP contribution in [0.2, 0.25) is 0 Å². The number of hydrogen-bond donors (Lipinski definition) is 0. The molecule has 0 aliphatic rings. The van der Waals surface area contributed by atoms with Gasteiger partial charge in [-0.3, -0.25) is 0 Å². The molecule has 0 saturated carbocycles. The van der Waals surface area contributed by atoms with E-state index in [1.165, 1.54) is 14.2 Å². The zero-order valence-electron chi connectivity index (χ0n) is 11.1. The summed E-state index contributed by atoms with van der Waals surface area (Å²) in [7, 11) is 2.96. The van der Waals surface area contributed by atoms with E-state index in [0.717, 1.165) is 0 Å². The maximum absolute atomic E-state index is 12.2. The van der Waals surface area contributed by atoms with E-state index in [9.17, 15) is 13.2 Å². The third-order valence-electron chi connectivity index (χ3n) is 2.56. The lowest BCUT2D eigenvalue weighted by atomic mass is 10.1. The van der Waals surface area contributed by atoms with Crippen LogP contribution in [0.1, 0.15) is 25.0 Å². The second-order valence-corrected chi connectivity index (χ2v) is 3.97. The standard InChI is InChI=1S/C13H17F3O3/c1-4-12(19-8-13(14,15)16)9-5-10(17-2)7-11(6-9)18-3/h5-7,12H,4,8H2,1-3H3. The minimum absolute atomic E-state index is 0.423. The molecule has 0 heterocycles. The fourth-order valence-electron chi connectivity index (χ4n) is 1.66. The Morgan fingerprint density at radius 1 is 1.05 bits per heavy atom. The summed E-state index contributed by atoms with van der Waals surface area (Å²) in [4.78, 5) is 0. The Morgan fingerprint density at radius 2 is 1.58 bits per heavy atom. The van der Waals surface area contributed by atoms with Crippen molar-refractivity contribution in [3.05, 3.63) is 23.8 Å². The van der Waals surface area contributed by atoms with Gasteiger partial charge in [0.25, 0.3) is 0 Å². The van der Waals surface area contributed by atoms with Gasteiger partial charge in [-0.05, 0) is 24.1 Å². The number of benzene rings is 1. The lowest BCUT2D eigenvalue weighted by molar-refractivity contribution is -0.186. The largest absolute Gasteiger partial charge is 0.497 e. The highest BCUT2D eigenvalue weighted by Crippen LogP contribution is 2.31. The van der Waals surface area contributed by atoms with Gasteiger partial charge >= 0.3 is 6.18 Å². The predicted molar refractivity (Wildman–Crippen MR) is 64.6 cm³/mol. The van der Waals surface area contributed by atoms with Crippen LogP contribution in [0.15, 0.2) is 18.2 Å². The minimum Gasteiger partial charge on any atom is -0.497 e. The third kappa shape index (κ3) is 4.98. The van der Waals surface area contributed by atoms with E-state index in [-0.39, 0.29) is 0 Å². The summed E-state index contributed by atoms with van der Waals surface area (Å²) in [6, 6.07) is 4.94. The van der Waals surface area contributed by atoms with E-state index in [2.05, 4.69) is 0 Å². The van der Waals surface area contributed by atoms with Gasteiger partial charge in [-0.2, -0.15) is 13.2 Å². The molecule has 0 aromatic heterocycles. The molecule has 1 atom stereocenters. The molecule has 0 aliphatic heterocycles. The van der Waals surface area contributed by atoms with Crippen LogP contribution in [-0.2, 0) is 4.74 Å². The molecule has 0 spiro atoms. The van der Waals surface area contributed by atoms with Crippen LogP contribution in [0.5, 0.6) is 11.5 Å². The molecule has 0 saturated heterocycles. The monoisotopic (exact) mass is 278 g/mol. The van der Waals surface area contributed by atoms with Crippen LogP contribution < -0.4 is 9.47 Å². The van der Waals surface area contributed by atoms with Crippen LogP contribution in [0, 0.1) is 0 Å². The van der Waals surface area contributed by atoms with Crippen molar-refractivity contribution in [2.24, 2.45) is 0 Å². The van der Waals surface area contributed by atoms with Crippen molar-refractivity contribution < 1.29 is 27.4 Å². The number of hydrogen-bond acceptors (Lipinski definition) is 3. The SMILES string of the molecule is CCC(OCC(F)(F)F)c1cc(OC)cc(OC)c1. The molecule has 0 radical (unpaired) electrons. The van der Waals surface area contributed by atoms with Gasteiger partial charge in [-0.15, -0.1) is 0 Å². The van der Waals surface area contributed by atoms with Gasteiger partial charge in [0.15, 0.2) is 0 Å². The topological polar surface area (TPSA) is 27.7 Å². The zero-order valence-corrected chi connectivity index (χ0v) is 11.1. The summed E-state index contributed by atoms with van der Waals surface area (Å²) in [5.74, 6) is 1.03. The molecule has 1 unspecified atom stereocenters. The fourth-order valence-corrected chi connectivity index (χ4v) is 1.66. The van der Waals surface area contributed by atoms with E-state index in [0.29, 0.717) is 23.5 Å². The Hall–Kier alpha value is -1.43. The highest BCUT2D eigenvalue weighted by atomic mass is 19.4. The van der Waals surface area contributed by atoms with Crippen LogP contribution in [0.3, 0.4) is 0 Å². The van der Waals surface area contributed by atoms with Crippen molar-refractivity contribution in [2.45, 2.75) is 25.6 Å². The summed E-state index contributed by atoms with van der Waals surface area (Å²) in [6.07, 6.45) is -4.56. The number of halogens is 3. The van der Waals surface area contributed by atoms with E-state index < -0.39 is 18.9 Å². The lowest BCUT2D eigenvalue weighted by Crippen LogP contribution is -2.19. The molecule has 0 N–H and O–H groups in total. The molecule has 3 nitrogen and oxygen atoms in total. The second kappa shape index (κ2) is 6.65. The first kappa shape index (κ1) is 15.6. The molecule has 1 aromatic rings. The van der Waals surface area contributed by atoms with Crippen molar-refractivity contribution in [3.8, 4) is 11.5 Å². The summed E-state index contributed by atoms with van der Waals surface area (Å²) < 4.78 is 51.6. The van der Waals surface area contributed by atoms with Gasteiger partial charge in [0.2, 0.25) is 0 Å². The Kier molecular flexibility index (Phi) is 5.47. The first-order chi connectivity index (χ1) is 8.89. The van der Waals surface area contributed by atoms with E-state index in [4.69, 9.17) is 14.2 Å². The van der Waals surface area contributed by atoms with Crippen molar-refractivity contribution in [1.82, 2.24) is 0 Å². The summed E-state index contributed by atoms with van der Waals surface area (Å²) in [5.41, 5.74) is 0.600. The van der Waals surface area contributed by atoms with Crippen molar-refractivity contribution in [1.29, 1.82) is 0 Å². The highest BCUT2D eigenvalue weighted by Gasteiger charge is 2.29. The lowest BCUT2D eigenvalue weighted by Gasteiger charge is -2.19. The van der Waals surface area contributed by atoms with Crippen LogP contribution in [0.4, 0.5) is 13.2 Å². The number of rotatable bonds is 6. The first-order valence-electron chi connectivity index (χ1n) is 5.81. The summed E-state index contributed by atoms with van der Waals surface area (Å²) >= 11 is 0. The van der Waals surface area contributed by atoms with Crippen LogP contribution in [0.25, 0.3) is 0 Å². The molecular formula is C13H17F3O3. The smallest absolute Gasteiger partial charge is 0.411 e. The highest BCUT2D eigenvalue weighted by molar-refractivity contribution is 5.39. The van der Waals surface area contributed by atoms with Gasteiger partial charge in [0.1, 0.15) is 18.1 Å². The average molecular weight is 278 g/mol. The molecule has 6 heteroatoms. The minimum atomic E-state index is -4.34. The zero-order chi connectivity index (χ0) is 14.5. The summed E-state index contributed by atoms with van der Waals surface area (Å²) in [5, 5.41) is 0. The molecule has 0 aliphatic carbocycles. The van der Waals surface area contributed by atoms with Gasteiger partial charge in [-0.1, -0.05) is 6.92 Å². The molecule has 0 fully saturated rings. The Balaban J connectivity index is 2.90. The fraction of sp³-hybridized carbons (Fsp3) is 0.538. The van der Waals surface area contributed by atoms with E-state index in [1.54, 1.807) is 25.1 Å². The Bertz CT molecular complexity index is 382. The van der Waals surface area contributed by atoms with Crippen LogP contribution >= 0.6 is 0 Å².